The third-order valence-electron chi connectivity index (χ3n) is 8.13. The van der Waals surface area contributed by atoms with E-state index in [0.717, 1.165) is 69.7 Å². The van der Waals surface area contributed by atoms with Crippen molar-refractivity contribution in [2.75, 3.05) is 54.8 Å². The van der Waals surface area contributed by atoms with Crippen molar-refractivity contribution in [3.63, 3.8) is 0 Å². The Bertz CT molecular complexity index is 1410. The predicted molar refractivity (Wildman–Crippen MR) is 167 cm³/mol. The minimum Gasteiger partial charge on any atom is -0.370 e. The molecular formula is C31H34Cl2N6O2. The van der Waals surface area contributed by atoms with Crippen molar-refractivity contribution in [1.29, 1.82) is 0 Å². The van der Waals surface area contributed by atoms with Gasteiger partial charge in [-0.25, -0.2) is 4.79 Å². The summed E-state index contributed by atoms with van der Waals surface area (Å²) in [7, 11) is 0. The number of allylic oxidation sites excluding steroid dienone is 2. The maximum Gasteiger partial charge on any atom is 0.326 e. The molecule has 41 heavy (non-hydrogen) atoms. The highest BCUT2D eigenvalue weighted by molar-refractivity contribution is 6.32. The number of nitrogens with one attached hydrogen (secondary N) is 2. The molecule has 4 aliphatic heterocycles. The minimum absolute atomic E-state index is 0.200. The number of carbonyl (C=O) groups excluding carboxylic acids is 2. The number of anilines is 3. The van der Waals surface area contributed by atoms with Crippen LogP contribution in [0.25, 0.3) is 0 Å². The Morgan fingerprint density at radius 3 is 2.32 bits per heavy atom. The van der Waals surface area contributed by atoms with Gasteiger partial charge in [-0.05, 0) is 67.7 Å². The van der Waals surface area contributed by atoms with Crippen LogP contribution in [-0.2, 0) is 0 Å². The number of benzene rings is 2. The van der Waals surface area contributed by atoms with Crippen LogP contribution in [0.15, 0.2) is 64.8 Å². The quantitative estimate of drug-likeness (QED) is 0.377. The number of amides is 3. The lowest BCUT2D eigenvalue weighted by Gasteiger charge is -2.41. The summed E-state index contributed by atoms with van der Waals surface area (Å²) in [5, 5.41) is 7.11. The zero-order valence-electron chi connectivity index (χ0n) is 22.9. The third kappa shape index (κ3) is 6.15. The predicted octanol–water partition coefficient (Wildman–Crippen LogP) is 6.66. The van der Waals surface area contributed by atoms with Crippen molar-refractivity contribution in [3.8, 4) is 0 Å². The van der Waals surface area contributed by atoms with Gasteiger partial charge in [0.1, 0.15) is 0 Å². The second kappa shape index (κ2) is 12.3. The monoisotopic (exact) mass is 592 g/mol. The van der Waals surface area contributed by atoms with Crippen molar-refractivity contribution in [1.82, 2.24) is 9.80 Å². The number of nitrogens with zero attached hydrogens (tertiary/aromatic N) is 4. The largest absolute Gasteiger partial charge is 0.370 e. The lowest BCUT2D eigenvalue weighted by atomic mass is 9.92. The van der Waals surface area contributed by atoms with Crippen molar-refractivity contribution >= 4 is 57.9 Å². The van der Waals surface area contributed by atoms with Crippen LogP contribution in [0.4, 0.5) is 21.9 Å². The molecule has 10 heteroatoms. The van der Waals surface area contributed by atoms with Crippen LogP contribution in [0.3, 0.4) is 0 Å². The molecular weight excluding hydrogens is 559 g/mol. The fourth-order valence-electron chi connectivity index (χ4n) is 5.73. The molecule has 1 atom stereocenters. The van der Waals surface area contributed by atoms with E-state index in [1.54, 1.807) is 24.4 Å². The molecule has 6 rings (SSSR count). The molecule has 4 aliphatic rings. The van der Waals surface area contributed by atoms with Gasteiger partial charge in [0, 0.05) is 66.7 Å². The molecule has 8 nitrogen and oxygen atoms in total. The summed E-state index contributed by atoms with van der Waals surface area (Å²) < 4.78 is 0. The summed E-state index contributed by atoms with van der Waals surface area (Å²) in [4.78, 5) is 37.6. The van der Waals surface area contributed by atoms with Crippen molar-refractivity contribution < 1.29 is 9.59 Å². The number of aliphatic imine (C=N–C) groups is 1. The van der Waals surface area contributed by atoms with E-state index < -0.39 is 0 Å². The molecule has 0 aliphatic carbocycles. The lowest BCUT2D eigenvalue weighted by molar-refractivity contribution is 0.102. The zero-order chi connectivity index (χ0) is 28.3. The first kappa shape index (κ1) is 27.8. The molecule has 3 amide bonds. The van der Waals surface area contributed by atoms with Gasteiger partial charge >= 0.3 is 6.03 Å². The summed E-state index contributed by atoms with van der Waals surface area (Å²) in [6, 6.07) is 11.2. The van der Waals surface area contributed by atoms with Gasteiger partial charge in [-0.2, -0.15) is 0 Å². The highest BCUT2D eigenvalue weighted by atomic mass is 35.5. The number of carbonyl (C=O) groups is 2. The van der Waals surface area contributed by atoms with Gasteiger partial charge in [0.2, 0.25) is 0 Å². The molecule has 2 aromatic carbocycles. The van der Waals surface area contributed by atoms with Gasteiger partial charge in [0.05, 0.1) is 29.6 Å². The van der Waals surface area contributed by atoms with Crippen LogP contribution in [0.1, 0.15) is 54.1 Å². The Morgan fingerprint density at radius 2 is 1.68 bits per heavy atom. The number of piperidine rings is 1. The Labute approximate surface area is 250 Å². The second-order valence-corrected chi connectivity index (χ2v) is 11.8. The van der Waals surface area contributed by atoms with Gasteiger partial charge in [0.15, 0.2) is 0 Å². The summed E-state index contributed by atoms with van der Waals surface area (Å²) in [6.07, 6.45) is 10.6. The van der Waals surface area contributed by atoms with E-state index in [2.05, 4.69) is 25.4 Å². The van der Waals surface area contributed by atoms with Crippen LogP contribution >= 0.6 is 23.2 Å². The normalized spacial score (nSPS) is 19.5. The van der Waals surface area contributed by atoms with Gasteiger partial charge in [-0.1, -0.05) is 35.3 Å². The number of halogens is 2. The van der Waals surface area contributed by atoms with Gasteiger partial charge in [0.25, 0.3) is 5.91 Å². The van der Waals surface area contributed by atoms with E-state index >= 15 is 0 Å². The van der Waals surface area contributed by atoms with Crippen LogP contribution < -0.4 is 15.5 Å². The lowest BCUT2D eigenvalue weighted by Crippen LogP contribution is -2.45. The molecule has 0 saturated carbocycles. The molecule has 1 unspecified atom stereocenters. The van der Waals surface area contributed by atoms with Crippen molar-refractivity contribution in [2.24, 2.45) is 4.99 Å². The number of hydrogen-bond acceptors (Lipinski definition) is 5. The van der Waals surface area contributed by atoms with Crippen molar-refractivity contribution in [2.45, 2.75) is 38.1 Å². The van der Waals surface area contributed by atoms with Gasteiger partial charge in [-0.15, -0.1) is 0 Å². The molecule has 2 fully saturated rings. The summed E-state index contributed by atoms with van der Waals surface area (Å²) in [6.45, 7) is 5.02. The highest BCUT2D eigenvalue weighted by Gasteiger charge is 2.31. The number of likely N-dealkylation sites (tertiary alicyclic amines) is 1. The molecule has 0 bridgehead atoms. The van der Waals surface area contributed by atoms with E-state index in [4.69, 9.17) is 23.2 Å². The maximum atomic E-state index is 13.6. The first-order valence-electron chi connectivity index (χ1n) is 14.3. The number of hydrogen-bond donors (Lipinski definition) is 2. The molecule has 4 heterocycles. The van der Waals surface area contributed by atoms with E-state index in [0.29, 0.717) is 27.0 Å². The SMILES string of the molecule is O=C(Nc1c(NC(=O)N2C=CC=C(Cl)C2)cc(Cl)cc1N1CCCCC1)c1ccc(C(C2=NCC2)N2CCC2)cc1. The van der Waals surface area contributed by atoms with E-state index in [9.17, 15) is 9.59 Å². The second-order valence-electron chi connectivity index (χ2n) is 10.9. The van der Waals surface area contributed by atoms with Gasteiger partial charge in [-0.3, -0.25) is 19.6 Å². The maximum absolute atomic E-state index is 13.6. The minimum atomic E-state index is -0.366. The molecule has 214 valence electrons. The van der Waals surface area contributed by atoms with Gasteiger partial charge < -0.3 is 15.5 Å². The molecule has 0 spiro atoms. The summed E-state index contributed by atoms with van der Waals surface area (Å²) in [5.41, 5.74) is 4.70. The molecule has 0 aromatic heterocycles. The van der Waals surface area contributed by atoms with E-state index in [-0.39, 0.29) is 24.5 Å². The van der Waals surface area contributed by atoms with Crippen LogP contribution in [0.2, 0.25) is 5.02 Å². The first-order chi connectivity index (χ1) is 20.0. The molecule has 0 radical (unpaired) electrons. The van der Waals surface area contributed by atoms with Crippen LogP contribution in [-0.4, -0.2) is 66.7 Å². The number of urea groups is 1. The summed E-state index contributed by atoms with van der Waals surface area (Å²) in [5.74, 6) is -0.252. The smallest absolute Gasteiger partial charge is 0.326 e. The van der Waals surface area contributed by atoms with E-state index in [1.807, 2.05) is 30.3 Å². The fourth-order valence-corrected chi connectivity index (χ4v) is 6.15. The number of rotatable bonds is 7. The Morgan fingerprint density at radius 1 is 0.927 bits per heavy atom. The summed E-state index contributed by atoms with van der Waals surface area (Å²) >= 11 is 12.7. The van der Waals surface area contributed by atoms with Crippen LogP contribution in [0.5, 0.6) is 0 Å². The van der Waals surface area contributed by atoms with E-state index in [1.165, 1.54) is 17.0 Å². The Hall–Kier alpha value is -3.33. The Balaban J connectivity index is 1.27. The first-order valence-corrected chi connectivity index (χ1v) is 15.1. The highest BCUT2D eigenvalue weighted by Crippen LogP contribution is 2.39. The molecule has 2 N–H and O–H groups in total. The van der Waals surface area contributed by atoms with Crippen molar-refractivity contribution in [3.05, 3.63) is 75.9 Å². The average Bonchev–Trinajstić information content (AvgIpc) is 2.92. The molecule has 2 saturated heterocycles. The fraction of sp³-hybridized carbons (Fsp3) is 0.387. The standard InChI is InChI=1S/C31H34Cl2N6O2/c32-23-6-4-15-39(20-23)31(41)35-26-18-24(33)19-27(37-13-2-1-3-14-37)28(26)36-30(40)22-9-7-21(8-10-22)29(25-11-12-34-25)38-16-5-17-38/h4,6-10,15,18-19,29H,1-3,5,11-14,16-17,20H2,(H,35,41)(H,36,40). The zero-order valence-corrected chi connectivity index (χ0v) is 24.4. The Kier molecular flexibility index (Phi) is 8.32. The molecule has 2 aromatic rings. The average molecular weight is 594 g/mol. The van der Waals surface area contributed by atoms with Crippen LogP contribution in [0, 0.1) is 0 Å². The topological polar surface area (TPSA) is 80.3 Å². The third-order valence-corrected chi connectivity index (χ3v) is 8.59.